The van der Waals surface area contributed by atoms with Crippen molar-refractivity contribution in [3.63, 3.8) is 0 Å². The Bertz CT molecular complexity index is 637. The Kier molecular flexibility index (Phi) is 5.72. The van der Waals surface area contributed by atoms with Crippen LogP contribution in [0.2, 0.25) is 0 Å². The lowest BCUT2D eigenvalue weighted by atomic mass is 10.0. The minimum atomic E-state index is -0.455. The van der Waals surface area contributed by atoms with Crippen molar-refractivity contribution in [3.8, 4) is 5.75 Å². The molecule has 1 aromatic carbocycles. The van der Waals surface area contributed by atoms with Gasteiger partial charge in [-0.2, -0.15) is 0 Å². The molecule has 0 saturated carbocycles. The number of nitrogens with zero attached hydrogens (tertiary/aromatic N) is 1. The number of para-hydroxylation sites is 1. The molecule has 0 aliphatic heterocycles. The molecule has 114 valence electrons. The van der Waals surface area contributed by atoms with Gasteiger partial charge in [0, 0.05) is 18.0 Å². The molecule has 0 fully saturated rings. The number of nitrogens with two attached hydrogens (primary N) is 1. The average Bonchev–Trinajstić information content (AvgIpc) is 2.55. The fourth-order valence-electron chi connectivity index (χ4n) is 2.10. The first-order valence-electron chi connectivity index (χ1n) is 7.38. The van der Waals surface area contributed by atoms with Crippen LogP contribution < -0.4 is 10.5 Å². The monoisotopic (exact) mass is 296 g/mol. The van der Waals surface area contributed by atoms with Crippen molar-refractivity contribution < 1.29 is 9.53 Å². The fourth-order valence-corrected chi connectivity index (χ4v) is 2.10. The Morgan fingerprint density at radius 3 is 2.55 bits per heavy atom. The first-order valence-corrected chi connectivity index (χ1v) is 7.38. The van der Waals surface area contributed by atoms with Gasteiger partial charge in [-0.15, -0.1) is 0 Å². The molecule has 22 heavy (non-hydrogen) atoms. The number of primary amides is 1. The van der Waals surface area contributed by atoms with Crippen LogP contribution in [0.25, 0.3) is 5.76 Å². The summed E-state index contributed by atoms with van der Waals surface area (Å²) >= 11 is 0. The lowest BCUT2D eigenvalue weighted by Gasteiger charge is -2.14. The van der Waals surface area contributed by atoms with E-state index < -0.39 is 5.91 Å². The van der Waals surface area contributed by atoms with E-state index >= 15 is 0 Å². The number of benzene rings is 1. The molecule has 0 bridgehead atoms. The molecule has 0 unspecified atom stereocenters. The molecule has 1 aromatic heterocycles. The van der Waals surface area contributed by atoms with Gasteiger partial charge in [-0.05, 0) is 37.1 Å². The van der Waals surface area contributed by atoms with E-state index in [0.717, 1.165) is 18.4 Å². The number of aromatic nitrogens is 1. The van der Waals surface area contributed by atoms with E-state index in [9.17, 15) is 4.79 Å². The Morgan fingerprint density at radius 1 is 1.18 bits per heavy atom. The highest BCUT2D eigenvalue weighted by molar-refractivity contribution is 5.99. The summed E-state index contributed by atoms with van der Waals surface area (Å²) in [4.78, 5) is 16.0. The standard InChI is InChI=1S/C18H20N2O2/c1-2-3-11-16(18(19)21)17(14-8-7-12-20-13-14)22-15-9-5-4-6-10-15/h4-10,12-13H,2-3,11H2,1H3,(H2,19,21)/b17-16-. The molecule has 0 saturated heterocycles. The van der Waals surface area contributed by atoms with E-state index in [2.05, 4.69) is 11.9 Å². The number of carbonyl (C=O) groups is 1. The summed E-state index contributed by atoms with van der Waals surface area (Å²) < 4.78 is 5.96. The first-order chi connectivity index (χ1) is 10.7. The summed E-state index contributed by atoms with van der Waals surface area (Å²) in [6, 6.07) is 13.0. The minimum Gasteiger partial charge on any atom is -0.456 e. The Morgan fingerprint density at radius 2 is 1.95 bits per heavy atom. The number of carbonyl (C=O) groups excluding carboxylic acids is 1. The van der Waals surface area contributed by atoms with Crippen LogP contribution in [0.3, 0.4) is 0 Å². The van der Waals surface area contributed by atoms with Gasteiger partial charge in [-0.25, -0.2) is 0 Å². The summed E-state index contributed by atoms with van der Waals surface area (Å²) in [5.74, 6) is 0.695. The van der Waals surface area contributed by atoms with Gasteiger partial charge in [0.2, 0.25) is 5.91 Å². The Hall–Kier alpha value is -2.62. The number of ether oxygens (including phenoxy) is 1. The molecule has 1 amide bonds. The summed E-state index contributed by atoms with van der Waals surface area (Å²) in [6.45, 7) is 2.07. The number of rotatable bonds is 7. The Balaban J connectivity index is 2.45. The topological polar surface area (TPSA) is 65.2 Å². The number of hydrogen-bond acceptors (Lipinski definition) is 3. The smallest absolute Gasteiger partial charge is 0.248 e. The molecule has 2 rings (SSSR count). The van der Waals surface area contributed by atoms with Crippen molar-refractivity contribution in [3.05, 3.63) is 66.0 Å². The number of unbranched alkanes of at least 4 members (excludes halogenated alkanes) is 1. The molecule has 0 spiro atoms. The van der Waals surface area contributed by atoms with Crippen LogP contribution in [0.4, 0.5) is 0 Å². The molecule has 0 aliphatic rings. The minimum absolute atomic E-state index is 0.455. The third-order valence-corrected chi connectivity index (χ3v) is 3.24. The van der Waals surface area contributed by atoms with Gasteiger partial charge in [0.25, 0.3) is 0 Å². The van der Waals surface area contributed by atoms with Crippen molar-refractivity contribution in [1.82, 2.24) is 4.98 Å². The molecule has 1 heterocycles. The van der Waals surface area contributed by atoms with Crippen LogP contribution in [0.1, 0.15) is 31.7 Å². The first kappa shape index (κ1) is 15.8. The lowest BCUT2D eigenvalue weighted by molar-refractivity contribution is -0.114. The van der Waals surface area contributed by atoms with Crippen molar-refractivity contribution in [2.45, 2.75) is 26.2 Å². The zero-order chi connectivity index (χ0) is 15.8. The second kappa shape index (κ2) is 7.98. The van der Waals surface area contributed by atoms with E-state index in [-0.39, 0.29) is 0 Å². The van der Waals surface area contributed by atoms with Crippen LogP contribution >= 0.6 is 0 Å². The van der Waals surface area contributed by atoms with Gasteiger partial charge < -0.3 is 10.5 Å². The van der Waals surface area contributed by atoms with Crippen molar-refractivity contribution >= 4 is 11.7 Å². The Labute approximate surface area is 130 Å². The highest BCUT2D eigenvalue weighted by Crippen LogP contribution is 2.26. The van der Waals surface area contributed by atoms with E-state index in [1.165, 1.54) is 0 Å². The SMILES string of the molecule is CCCC/C(C(N)=O)=C(/Oc1ccccc1)c1cccnc1. The molecule has 2 aromatic rings. The normalized spacial score (nSPS) is 11.7. The van der Waals surface area contributed by atoms with Crippen molar-refractivity contribution in [2.24, 2.45) is 5.73 Å². The maximum atomic E-state index is 11.9. The molecule has 0 atom stereocenters. The maximum Gasteiger partial charge on any atom is 0.248 e. The van der Waals surface area contributed by atoms with Gasteiger partial charge in [0.1, 0.15) is 11.5 Å². The molecule has 0 radical (unpaired) electrons. The van der Waals surface area contributed by atoms with Crippen molar-refractivity contribution in [2.75, 3.05) is 0 Å². The maximum absolute atomic E-state index is 11.9. The van der Waals surface area contributed by atoms with Crippen molar-refractivity contribution in [1.29, 1.82) is 0 Å². The lowest BCUT2D eigenvalue weighted by Crippen LogP contribution is -2.17. The molecule has 2 N–H and O–H groups in total. The van der Waals surface area contributed by atoms with E-state index in [1.807, 2.05) is 42.5 Å². The summed E-state index contributed by atoms with van der Waals surface area (Å²) in [5, 5.41) is 0. The van der Waals surface area contributed by atoms with Crippen LogP contribution in [0.5, 0.6) is 5.75 Å². The van der Waals surface area contributed by atoms with E-state index in [0.29, 0.717) is 23.5 Å². The van der Waals surface area contributed by atoms with Gasteiger partial charge in [-0.1, -0.05) is 31.5 Å². The second-order valence-corrected chi connectivity index (χ2v) is 4.93. The summed E-state index contributed by atoms with van der Waals surface area (Å²) in [5.41, 5.74) is 6.82. The van der Waals surface area contributed by atoms with Crippen LogP contribution in [-0.4, -0.2) is 10.9 Å². The summed E-state index contributed by atoms with van der Waals surface area (Å²) in [7, 11) is 0. The highest BCUT2D eigenvalue weighted by Gasteiger charge is 2.17. The van der Waals surface area contributed by atoms with Gasteiger partial charge in [-0.3, -0.25) is 9.78 Å². The highest BCUT2D eigenvalue weighted by atomic mass is 16.5. The van der Waals surface area contributed by atoms with E-state index in [1.54, 1.807) is 12.4 Å². The third-order valence-electron chi connectivity index (χ3n) is 3.24. The van der Waals surface area contributed by atoms with Gasteiger partial charge in [0.05, 0.1) is 5.57 Å². The van der Waals surface area contributed by atoms with Crippen LogP contribution in [0, 0.1) is 0 Å². The predicted octanol–water partition coefficient (Wildman–Crippen LogP) is 3.55. The quantitative estimate of drug-likeness (QED) is 0.627. The molecular weight excluding hydrogens is 276 g/mol. The number of hydrogen-bond donors (Lipinski definition) is 1. The second-order valence-electron chi connectivity index (χ2n) is 4.93. The van der Waals surface area contributed by atoms with Crippen LogP contribution in [-0.2, 0) is 4.79 Å². The number of amides is 1. The molecule has 4 nitrogen and oxygen atoms in total. The van der Waals surface area contributed by atoms with Gasteiger partial charge >= 0.3 is 0 Å². The molecule has 0 aliphatic carbocycles. The van der Waals surface area contributed by atoms with Crippen LogP contribution in [0.15, 0.2) is 60.4 Å². The molecular formula is C18H20N2O2. The fraction of sp³-hybridized carbons (Fsp3) is 0.222. The zero-order valence-electron chi connectivity index (χ0n) is 12.7. The van der Waals surface area contributed by atoms with Gasteiger partial charge in [0.15, 0.2) is 0 Å². The summed E-state index contributed by atoms with van der Waals surface area (Å²) in [6.07, 6.45) is 5.79. The van der Waals surface area contributed by atoms with E-state index in [4.69, 9.17) is 10.5 Å². The largest absolute Gasteiger partial charge is 0.456 e. The predicted molar refractivity (Wildman–Crippen MR) is 86.9 cm³/mol. The third kappa shape index (κ3) is 4.19. The number of pyridine rings is 1. The zero-order valence-corrected chi connectivity index (χ0v) is 12.7. The average molecular weight is 296 g/mol. The molecule has 4 heteroatoms.